The van der Waals surface area contributed by atoms with Gasteiger partial charge in [-0.2, -0.15) is 0 Å². The molecule has 2 amide bonds. The van der Waals surface area contributed by atoms with Crippen LogP contribution in [0, 0.1) is 17.8 Å². The third-order valence-corrected chi connectivity index (χ3v) is 18.0. The Kier molecular flexibility index (Phi) is 12.4. The van der Waals surface area contributed by atoms with Gasteiger partial charge in [0.25, 0.3) is 8.32 Å². The zero-order chi connectivity index (χ0) is 42.9. The first-order valence-corrected chi connectivity index (χ1v) is 23.8. The van der Waals surface area contributed by atoms with Crippen LogP contribution in [0.5, 0.6) is 5.75 Å². The molecule has 1 aliphatic carbocycles. The number of imide groups is 1. The lowest BCUT2D eigenvalue weighted by Crippen LogP contribution is -2.66. The van der Waals surface area contributed by atoms with Crippen molar-refractivity contribution in [1.29, 1.82) is 0 Å². The van der Waals surface area contributed by atoms with E-state index in [0.29, 0.717) is 30.5 Å². The number of amides is 2. The average Bonchev–Trinajstić information content (AvgIpc) is 3.50. The van der Waals surface area contributed by atoms with Crippen molar-refractivity contribution in [3.05, 3.63) is 160 Å². The van der Waals surface area contributed by atoms with Crippen LogP contribution in [-0.2, 0) is 18.7 Å². The van der Waals surface area contributed by atoms with Gasteiger partial charge in [-0.05, 0) is 120 Å². The Labute approximate surface area is 368 Å². The first kappa shape index (κ1) is 42.6. The maximum absolute atomic E-state index is 14.7. The Hall–Kier alpha value is -5.04. The standard InChI is InChI=1S/C50H52BBrN2O6Si/c1-33(28-34-29-36(52)21-26-44(34)55)20-27-45-46-35(32-59-61(50(2,3)4,40-16-10-6-11-17-40)41-18-12-7-13-19-41)30-42-47(43(46)31-51(58)60-45)49(57)54(48(42)56)39-24-22-38(23-25-39)53-37-14-8-5-9-15-37/h5-19,21-26,28-29,42-43,45,47,53,55,58H,20,27,30-32H2,1-4H3/b33-28+/t42-,43+,45-,47-/m1/s1. The minimum absolute atomic E-state index is 0.187. The van der Waals surface area contributed by atoms with Gasteiger partial charge in [0.2, 0.25) is 11.8 Å². The van der Waals surface area contributed by atoms with E-state index in [1.165, 1.54) is 4.90 Å². The van der Waals surface area contributed by atoms with Crippen molar-refractivity contribution in [1.82, 2.24) is 0 Å². The zero-order valence-corrected chi connectivity index (χ0v) is 37.6. The molecule has 3 aliphatic rings. The quantitative estimate of drug-likeness (QED) is 0.0651. The number of hydrogen-bond donors (Lipinski definition) is 3. The lowest BCUT2D eigenvalue weighted by molar-refractivity contribution is -0.122. The number of halogens is 1. The number of para-hydroxylation sites is 1. The zero-order valence-electron chi connectivity index (χ0n) is 35.1. The smallest absolute Gasteiger partial charge is 0.455 e. The number of fused-ring (bicyclic) bond motifs is 3. The molecule has 0 radical (unpaired) electrons. The second-order valence-electron chi connectivity index (χ2n) is 17.6. The molecule has 0 spiro atoms. The molecule has 2 fully saturated rings. The van der Waals surface area contributed by atoms with Crippen molar-refractivity contribution in [3.8, 4) is 5.75 Å². The summed E-state index contributed by atoms with van der Waals surface area (Å²) in [6.45, 7) is 9.01. The molecule has 0 bridgehead atoms. The largest absolute Gasteiger partial charge is 0.507 e. The minimum Gasteiger partial charge on any atom is -0.507 e. The van der Waals surface area contributed by atoms with Gasteiger partial charge >= 0.3 is 7.12 Å². The van der Waals surface area contributed by atoms with Crippen molar-refractivity contribution in [2.24, 2.45) is 17.8 Å². The number of nitrogens with one attached hydrogen (secondary N) is 1. The second-order valence-corrected chi connectivity index (χ2v) is 22.8. The summed E-state index contributed by atoms with van der Waals surface area (Å²) < 4.78 is 14.8. The highest BCUT2D eigenvalue weighted by molar-refractivity contribution is 9.10. The summed E-state index contributed by atoms with van der Waals surface area (Å²) in [5.41, 5.74) is 5.96. The number of nitrogens with zero attached hydrogens (tertiary/aromatic N) is 1. The summed E-state index contributed by atoms with van der Waals surface area (Å²) in [7, 11) is -4.12. The Morgan fingerprint density at radius 2 is 1.48 bits per heavy atom. The predicted molar refractivity (Wildman–Crippen MR) is 251 cm³/mol. The second kappa shape index (κ2) is 17.7. The molecule has 5 aromatic carbocycles. The average molecular weight is 896 g/mol. The van der Waals surface area contributed by atoms with E-state index in [-0.39, 0.29) is 35.5 Å². The Bertz CT molecular complexity index is 2400. The predicted octanol–water partition coefficient (Wildman–Crippen LogP) is 9.66. The number of anilines is 3. The monoisotopic (exact) mass is 894 g/mol. The van der Waals surface area contributed by atoms with Crippen LogP contribution in [-0.4, -0.2) is 50.1 Å². The van der Waals surface area contributed by atoms with Crippen molar-refractivity contribution >= 4 is 76.7 Å². The third-order valence-electron chi connectivity index (χ3n) is 12.6. The fourth-order valence-electron chi connectivity index (χ4n) is 9.83. The lowest BCUT2D eigenvalue weighted by Gasteiger charge is -2.46. The third kappa shape index (κ3) is 8.59. The van der Waals surface area contributed by atoms with Crippen LogP contribution in [0.3, 0.4) is 0 Å². The van der Waals surface area contributed by atoms with E-state index >= 15 is 0 Å². The summed E-state index contributed by atoms with van der Waals surface area (Å²) in [6, 6.07) is 43.6. The van der Waals surface area contributed by atoms with E-state index in [4.69, 9.17) is 9.08 Å². The maximum atomic E-state index is 14.7. The van der Waals surface area contributed by atoms with Crippen LogP contribution < -0.4 is 20.6 Å². The van der Waals surface area contributed by atoms with Crippen LogP contribution in [0.4, 0.5) is 17.1 Å². The number of aromatic hydroxyl groups is 1. The van der Waals surface area contributed by atoms with Crippen LogP contribution in [0.2, 0.25) is 11.4 Å². The molecule has 0 unspecified atom stereocenters. The molecule has 2 aliphatic heterocycles. The number of allylic oxidation sites excluding steroid dienone is 1. The fraction of sp³-hybridized carbons (Fsp3) is 0.280. The fourth-order valence-corrected chi connectivity index (χ4v) is 14.8. The molecule has 11 heteroatoms. The highest BCUT2D eigenvalue weighted by Gasteiger charge is 2.58. The topological polar surface area (TPSA) is 108 Å². The summed E-state index contributed by atoms with van der Waals surface area (Å²) in [6.07, 6.45) is 3.13. The lowest BCUT2D eigenvalue weighted by atomic mass is 9.58. The van der Waals surface area contributed by atoms with Gasteiger partial charge in [-0.3, -0.25) is 14.5 Å². The van der Waals surface area contributed by atoms with Crippen molar-refractivity contribution in [2.75, 3.05) is 16.8 Å². The van der Waals surface area contributed by atoms with Gasteiger partial charge in [-0.25, -0.2) is 0 Å². The molecule has 5 aromatic rings. The number of carbonyl (C=O) groups excluding carboxylic acids is 2. The molecule has 0 aromatic heterocycles. The van der Waals surface area contributed by atoms with E-state index in [1.807, 2.05) is 85.8 Å². The number of rotatable bonds is 12. The van der Waals surface area contributed by atoms with Crippen LogP contribution in [0.15, 0.2) is 155 Å². The Morgan fingerprint density at radius 3 is 2.10 bits per heavy atom. The Balaban J connectivity index is 1.17. The molecule has 8 nitrogen and oxygen atoms in total. The van der Waals surface area contributed by atoms with Gasteiger partial charge in [-0.1, -0.05) is 127 Å². The van der Waals surface area contributed by atoms with E-state index in [1.54, 1.807) is 12.1 Å². The van der Waals surface area contributed by atoms with Crippen molar-refractivity contribution in [2.45, 2.75) is 64.4 Å². The molecule has 2 heterocycles. The maximum Gasteiger partial charge on any atom is 0.455 e. The number of hydrogen-bond acceptors (Lipinski definition) is 7. The van der Waals surface area contributed by atoms with Crippen LogP contribution >= 0.6 is 15.9 Å². The number of phenols is 1. The van der Waals surface area contributed by atoms with Gasteiger partial charge in [-0.15, -0.1) is 0 Å². The van der Waals surface area contributed by atoms with Crippen molar-refractivity contribution in [3.63, 3.8) is 0 Å². The molecule has 4 atom stereocenters. The van der Waals surface area contributed by atoms with E-state index < -0.39 is 39.3 Å². The molecule has 0 saturated carbocycles. The van der Waals surface area contributed by atoms with Gasteiger partial charge in [0.15, 0.2) is 0 Å². The van der Waals surface area contributed by atoms with Crippen LogP contribution in [0.25, 0.3) is 6.08 Å². The summed E-state index contributed by atoms with van der Waals surface area (Å²) in [5.74, 6) is -1.99. The first-order chi connectivity index (χ1) is 29.3. The number of phenolic OH excluding ortho intramolecular Hbond substituents is 1. The van der Waals surface area contributed by atoms with Gasteiger partial charge in [0.05, 0.1) is 30.2 Å². The van der Waals surface area contributed by atoms with Crippen molar-refractivity contribution < 1.29 is 28.8 Å². The summed E-state index contributed by atoms with van der Waals surface area (Å²) >= 11 is 3.51. The minimum atomic E-state index is -3.01. The molecular weight excluding hydrogens is 843 g/mol. The van der Waals surface area contributed by atoms with E-state index in [9.17, 15) is 19.7 Å². The molecule has 3 N–H and O–H groups in total. The van der Waals surface area contributed by atoms with E-state index in [0.717, 1.165) is 42.9 Å². The first-order valence-electron chi connectivity index (χ1n) is 21.1. The summed E-state index contributed by atoms with van der Waals surface area (Å²) in [5, 5.41) is 27.4. The van der Waals surface area contributed by atoms with Gasteiger partial charge in [0, 0.05) is 21.4 Å². The molecule has 8 rings (SSSR count). The number of carbonyl (C=O) groups is 2. The SMILES string of the molecule is C/C(=C\c1cc(Br)ccc1O)CC[C@H]1OB(O)C[C@H]2C1=C(CO[Si](c1ccccc1)(c1ccccc1)C(C)(C)C)C[C@H]1C(=O)N(c3ccc(Nc4ccccc4)cc3)C(=O)[C@H]12. The van der Waals surface area contributed by atoms with E-state index in [2.05, 4.69) is 90.5 Å². The molecular formula is C50H52BBrN2O6Si. The van der Waals surface area contributed by atoms with Gasteiger partial charge in [0.1, 0.15) is 5.75 Å². The van der Waals surface area contributed by atoms with Gasteiger partial charge < -0.3 is 24.5 Å². The number of benzene rings is 5. The molecule has 2 saturated heterocycles. The highest BCUT2D eigenvalue weighted by Crippen LogP contribution is 2.52. The Morgan fingerprint density at radius 1 is 0.869 bits per heavy atom. The highest BCUT2D eigenvalue weighted by atomic mass is 79.9. The molecule has 312 valence electrons. The normalized spacial score (nSPS) is 20.8. The van der Waals surface area contributed by atoms with Crippen LogP contribution in [0.1, 0.15) is 52.5 Å². The summed E-state index contributed by atoms with van der Waals surface area (Å²) in [4.78, 5) is 30.8. The molecule has 61 heavy (non-hydrogen) atoms.